The average Bonchev–Trinajstić information content (AvgIpc) is 3.28. The van der Waals surface area contributed by atoms with E-state index >= 15 is 0 Å². The fraction of sp³-hybridized carbons (Fsp3) is 0.111. The van der Waals surface area contributed by atoms with E-state index in [2.05, 4.69) is 20.4 Å². The molecule has 0 radical (unpaired) electrons. The monoisotopic (exact) mass is 349 g/mol. The minimum Gasteiger partial charge on any atom is -0.346 e. The van der Waals surface area contributed by atoms with E-state index in [1.807, 2.05) is 43.3 Å². The third kappa shape index (κ3) is 3.14. The molecule has 1 N–H and O–H groups in total. The molecule has 2 aromatic heterocycles. The van der Waals surface area contributed by atoms with Crippen LogP contribution in [0.2, 0.25) is 0 Å². The minimum atomic E-state index is -0.109. The van der Waals surface area contributed by atoms with Crippen LogP contribution < -0.4 is 5.32 Å². The zero-order chi connectivity index (χ0) is 17.2. The Bertz CT molecular complexity index is 1010. The number of para-hydroxylation sites is 1. The summed E-state index contributed by atoms with van der Waals surface area (Å²) in [6, 6.07) is 13.5. The van der Waals surface area contributed by atoms with Crippen molar-refractivity contribution in [2.24, 2.45) is 0 Å². The van der Waals surface area contributed by atoms with E-state index in [1.54, 1.807) is 28.4 Å². The van der Waals surface area contributed by atoms with Crippen LogP contribution in [0.5, 0.6) is 0 Å². The van der Waals surface area contributed by atoms with Crippen molar-refractivity contribution in [3.05, 3.63) is 71.3 Å². The van der Waals surface area contributed by atoms with Gasteiger partial charge in [0.05, 0.1) is 22.4 Å². The van der Waals surface area contributed by atoms with Crippen molar-refractivity contribution in [1.29, 1.82) is 0 Å². The first-order valence-electron chi connectivity index (χ1n) is 7.79. The molecule has 0 aliphatic rings. The Balaban J connectivity index is 1.49. The molecule has 0 spiro atoms. The summed E-state index contributed by atoms with van der Waals surface area (Å²) in [5.41, 5.74) is 3.36. The third-order valence-corrected chi connectivity index (χ3v) is 4.91. The first-order valence-corrected chi connectivity index (χ1v) is 8.60. The molecule has 6 nitrogen and oxygen atoms in total. The molecule has 4 rings (SSSR count). The molecule has 0 saturated heterocycles. The molecular formula is C18H15N5OS. The zero-order valence-corrected chi connectivity index (χ0v) is 14.3. The Kier molecular flexibility index (Phi) is 3.99. The summed E-state index contributed by atoms with van der Waals surface area (Å²) in [6.07, 6.45) is 3.11. The van der Waals surface area contributed by atoms with Crippen molar-refractivity contribution < 1.29 is 4.79 Å². The maximum atomic E-state index is 12.5. The molecule has 2 heterocycles. The molecule has 0 aliphatic heterocycles. The number of aryl methyl sites for hydroxylation is 1. The van der Waals surface area contributed by atoms with E-state index in [0.717, 1.165) is 26.5 Å². The van der Waals surface area contributed by atoms with Gasteiger partial charge in [0.2, 0.25) is 0 Å². The van der Waals surface area contributed by atoms with Gasteiger partial charge in [0.15, 0.2) is 0 Å². The van der Waals surface area contributed by atoms with Gasteiger partial charge < -0.3 is 5.32 Å². The number of hydrogen-bond donors (Lipinski definition) is 1. The van der Waals surface area contributed by atoms with E-state index in [-0.39, 0.29) is 5.91 Å². The van der Waals surface area contributed by atoms with Gasteiger partial charge in [-0.05, 0) is 42.8 Å². The highest BCUT2D eigenvalue weighted by molar-refractivity contribution is 7.18. The quantitative estimate of drug-likeness (QED) is 0.614. The minimum absolute atomic E-state index is 0.109. The van der Waals surface area contributed by atoms with Crippen LogP contribution in [0.3, 0.4) is 0 Å². The number of carbonyl (C=O) groups is 1. The summed E-state index contributed by atoms with van der Waals surface area (Å²) in [5, 5.41) is 7.94. The lowest BCUT2D eigenvalue weighted by Gasteiger charge is -2.08. The van der Waals surface area contributed by atoms with E-state index < -0.39 is 0 Å². The highest BCUT2D eigenvalue weighted by Crippen LogP contribution is 2.21. The third-order valence-electron chi connectivity index (χ3n) is 3.88. The highest BCUT2D eigenvalue weighted by atomic mass is 32.1. The van der Waals surface area contributed by atoms with Crippen molar-refractivity contribution in [2.45, 2.75) is 13.5 Å². The summed E-state index contributed by atoms with van der Waals surface area (Å²) < 4.78 is 2.79. The number of nitrogens with zero attached hydrogens (tertiary/aromatic N) is 4. The number of carbonyl (C=O) groups excluding carboxylic acids is 1. The molecule has 0 unspecified atom stereocenters. The molecule has 4 aromatic rings. The Morgan fingerprint density at radius 3 is 2.88 bits per heavy atom. The van der Waals surface area contributed by atoms with E-state index in [4.69, 9.17) is 0 Å². The number of amides is 1. The van der Waals surface area contributed by atoms with Gasteiger partial charge in [-0.2, -0.15) is 5.10 Å². The lowest BCUT2D eigenvalue weighted by molar-refractivity contribution is 0.0950. The van der Waals surface area contributed by atoms with Gasteiger partial charge in [-0.15, -0.1) is 11.3 Å². The van der Waals surface area contributed by atoms with Crippen molar-refractivity contribution in [3.63, 3.8) is 0 Å². The fourth-order valence-electron chi connectivity index (χ4n) is 2.63. The topological polar surface area (TPSA) is 72.7 Å². The van der Waals surface area contributed by atoms with Gasteiger partial charge in [-0.1, -0.05) is 12.1 Å². The largest absolute Gasteiger partial charge is 0.346 e. The molecule has 7 heteroatoms. The first-order chi connectivity index (χ1) is 12.2. The predicted octanol–water partition coefficient (Wildman–Crippen LogP) is 3.12. The van der Waals surface area contributed by atoms with E-state index in [0.29, 0.717) is 12.1 Å². The van der Waals surface area contributed by atoms with Gasteiger partial charge in [0.25, 0.3) is 5.91 Å². The molecule has 0 bridgehead atoms. The van der Waals surface area contributed by atoms with Crippen LogP contribution >= 0.6 is 11.3 Å². The van der Waals surface area contributed by atoms with Crippen LogP contribution in [-0.4, -0.2) is 25.7 Å². The Hall–Kier alpha value is -3.06. The van der Waals surface area contributed by atoms with Crippen LogP contribution in [0.15, 0.2) is 55.1 Å². The Labute approximate surface area is 148 Å². The number of aromatic nitrogens is 4. The maximum Gasteiger partial charge on any atom is 0.251 e. The summed E-state index contributed by atoms with van der Waals surface area (Å²) in [4.78, 5) is 21.0. The molecule has 1 amide bonds. The number of hydrogen-bond acceptors (Lipinski definition) is 5. The summed E-state index contributed by atoms with van der Waals surface area (Å²) in [5.74, 6) is -0.109. The number of rotatable bonds is 4. The number of nitrogens with one attached hydrogen (secondary N) is 1. The summed E-state index contributed by atoms with van der Waals surface area (Å²) in [7, 11) is 0. The second-order valence-corrected chi connectivity index (χ2v) is 6.71. The fourth-order valence-corrected chi connectivity index (χ4v) is 3.54. The average molecular weight is 349 g/mol. The van der Waals surface area contributed by atoms with Crippen molar-refractivity contribution in [1.82, 2.24) is 25.1 Å². The summed E-state index contributed by atoms with van der Waals surface area (Å²) in [6.45, 7) is 2.33. The standard InChI is InChI=1S/C18H15N5OS/c1-12-8-13(23-11-19-10-21-23)6-7-14(12)18(24)20-9-17-22-15-4-2-3-5-16(15)25-17/h2-8,10-11H,9H2,1H3,(H,20,24). The Morgan fingerprint density at radius 1 is 1.24 bits per heavy atom. The van der Waals surface area contributed by atoms with Crippen LogP contribution in [0.4, 0.5) is 0 Å². The smallest absolute Gasteiger partial charge is 0.251 e. The van der Waals surface area contributed by atoms with Crippen LogP contribution in [0.1, 0.15) is 20.9 Å². The molecule has 0 fully saturated rings. The highest BCUT2D eigenvalue weighted by Gasteiger charge is 2.11. The molecule has 2 aromatic carbocycles. The maximum absolute atomic E-state index is 12.5. The number of benzene rings is 2. The van der Waals surface area contributed by atoms with Crippen molar-refractivity contribution >= 4 is 27.5 Å². The zero-order valence-electron chi connectivity index (χ0n) is 13.5. The molecule has 124 valence electrons. The molecule has 0 atom stereocenters. The number of thiazole rings is 1. The van der Waals surface area contributed by atoms with Crippen molar-refractivity contribution in [3.8, 4) is 5.69 Å². The number of fused-ring (bicyclic) bond motifs is 1. The summed E-state index contributed by atoms with van der Waals surface area (Å²) >= 11 is 1.59. The first kappa shape index (κ1) is 15.5. The lowest BCUT2D eigenvalue weighted by Crippen LogP contribution is -2.23. The van der Waals surface area contributed by atoms with E-state index in [9.17, 15) is 4.79 Å². The van der Waals surface area contributed by atoms with Gasteiger partial charge in [-0.25, -0.2) is 14.6 Å². The van der Waals surface area contributed by atoms with Gasteiger partial charge >= 0.3 is 0 Å². The van der Waals surface area contributed by atoms with Crippen LogP contribution in [0.25, 0.3) is 15.9 Å². The van der Waals surface area contributed by atoms with E-state index in [1.165, 1.54) is 6.33 Å². The van der Waals surface area contributed by atoms with Crippen molar-refractivity contribution in [2.75, 3.05) is 0 Å². The normalized spacial score (nSPS) is 10.9. The predicted molar refractivity (Wildman–Crippen MR) is 96.9 cm³/mol. The molecular weight excluding hydrogens is 334 g/mol. The second kappa shape index (κ2) is 6.45. The second-order valence-electron chi connectivity index (χ2n) is 5.60. The van der Waals surface area contributed by atoms with Crippen LogP contribution in [-0.2, 0) is 6.54 Å². The van der Waals surface area contributed by atoms with Crippen LogP contribution in [0, 0.1) is 6.92 Å². The van der Waals surface area contributed by atoms with Gasteiger partial charge in [-0.3, -0.25) is 4.79 Å². The molecule has 0 aliphatic carbocycles. The molecule has 0 saturated carbocycles. The SMILES string of the molecule is Cc1cc(-n2cncn2)ccc1C(=O)NCc1nc2ccccc2s1. The lowest BCUT2D eigenvalue weighted by atomic mass is 10.1. The van der Waals surface area contributed by atoms with Gasteiger partial charge in [0.1, 0.15) is 17.7 Å². The Morgan fingerprint density at radius 2 is 2.12 bits per heavy atom. The molecule has 25 heavy (non-hydrogen) atoms. The van der Waals surface area contributed by atoms with Gasteiger partial charge in [0, 0.05) is 5.56 Å².